The maximum atomic E-state index is 13.0. The highest BCUT2D eigenvalue weighted by atomic mass is 16.3. The molecule has 1 heterocycles. The minimum atomic E-state index is -0.554. The van der Waals surface area contributed by atoms with E-state index in [4.69, 9.17) is 10.2 Å². The Bertz CT molecular complexity index is 1200. The average molecular weight is 370 g/mol. The average Bonchev–Trinajstić information content (AvgIpc) is 2.73. The highest BCUT2D eigenvalue weighted by molar-refractivity contribution is 6.01. The van der Waals surface area contributed by atoms with Crippen molar-refractivity contribution in [2.45, 2.75) is 6.54 Å². The summed E-state index contributed by atoms with van der Waals surface area (Å²) in [7, 11) is 0. The normalized spacial score (nSPS) is 10.7. The third-order valence-electron chi connectivity index (χ3n) is 4.55. The van der Waals surface area contributed by atoms with Crippen LogP contribution in [-0.2, 0) is 6.54 Å². The fourth-order valence-corrected chi connectivity index (χ4v) is 3.10. The third-order valence-corrected chi connectivity index (χ3v) is 4.55. The summed E-state index contributed by atoms with van der Waals surface area (Å²) in [4.78, 5) is 25.6. The number of carbonyl (C=O) groups is 1. The van der Waals surface area contributed by atoms with E-state index in [1.165, 1.54) is 0 Å². The van der Waals surface area contributed by atoms with E-state index < -0.39 is 11.3 Å². The van der Waals surface area contributed by atoms with Crippen molar-refractivity contribution < 1.29 is 9.21 Å². The minimum absolute atomic E-state index is 0.173. The first kappa shape index (κ1) is 17.5. The molecule has 4 aromatic rings. The molecular weight excluding hydrogens is 352 g/mol. The Kier molecular flexibility index (Phi) is 4.64. The zero-order chi connectivity index (χ0) is 19.5. The van der Waals surface area contributed by atoms with Crippen LogP contribution in [0.1, 0.15) is 15.9 Å². The quantitative estimate of drug-likeness (QED) is 0.569. The largest absolute Gasteiger partial charge is 0.440 e. The lowest BCUT2D eigenvalue weighted by Gasteiger charge is -2.09. The number of carbonyl (C=O) groups excluding carboxylic acids is 1. The van der Waals surface area contributed by atoms with Crippen molar-refractivity contribution in [1.82, 2.24) is 5.32 Å². The maximum Gasteiger partial charge on any atom is 0.261 e. The Balaban J connectivity index is 1.72. The van der Waals surface area contributed by atoms with E-state index in [2.05, 4.69) is 5.32 Å². The lowest BCUT2D eigenvalue weighted by Crippen LogP contribution is -2.29. The molecule has 0 radical (unpaired) electrons. The number of nitrogens with two attached hydrogens (primary N) is 1. The van der Waals surface area contributed by atoms with Crippen LogP contribution in [0.15, 0.2) is 88.1 Å². The van der Waals surface area contributed by atoms with Crippen molar-refractivity contribution in [1.29, 1.82) is 0 Å². The predicted octanol–water partition coefficient (Wildman–Crippen LogP) is 3.97. The summed E-state index contributed by atoms with van der Waals surface area (Å²) in [5, 5.41) is 3.05. The van der Waals surface area contributed by atoms with Gasteiger partial charge in [-0.05, 0) is 28.8 Å². The topological polar surface area (TPSA) is 85.3 Å². The lowest BCUT2D eigenvalue weighted by atomic mass is 10.0. The third kappa shape index (κ3) is 3.38. The molecule has 5 nitrogen and oxygen atoms in total. The zero-order valence-electron chi connectivity index (χ0n) is 15.0. The molecule has 0 aliphatic heterocycles. The van der Waals surface area contributed by atoms with Gasteiger partial charge < -0.3 is 15.5 Å². The zero-order valence-corrected chi connectivity index (χ0v) is 15.0. The summed E-state index contributed by atoms with van der Waals surface area (Å²) in [5.74, 6) is -0.738. The Morgan fingerprint density at radius 1 is 0.893 bits per heavy atom. The number of rotatable bonds is 4. The molecule has 0 spiro atoms. The molecule has 0 bridgehead atoms. The number of nitrogen functional groups attached to an aromatic ring is 1. The van der Waals surface area contributed by atoms with Gasteiger partial charge in [0.25, 0.3) is 5.91 Å². The lowest BCUT2D eigenvalue weighted by molar-refractivity contribution is 0.0949. The summed E-state index contributed by atoms with van der Waals surface area (Å²) in [5.41, 5.74) is 8.37. The van der Waals surface area contributed by atoms with Crippen molar-refractivity contribution in [2.75, 3.05) is 5.73 Å². The van der Waals surface area contributed by atoms with Gasteiger partial charge in [0.15, 0.2) is 0 Å². The molecule has 0 saturated heterocycles. The van der Waals surface area contributed by atoms with Gasteiger partial charge in [-0.3, -0.25) is 9.59 Å². The molecule has 138 valence electrons. The number of hydrogen-bond donors (Lipinski definition) is 2. The van der Waals surface area contributed by atoms with E-state index in [1.54, 1.807) is 12.1 Å². The Morgan fingerprint density at radius 3 is 2.29 bits per heavy atom. The van der Waals surface area contributed by atoms with E-state index >= 15 is 0 Å². The molecule has 3 aromatic carbocycles. The monoisotopic (exact) mass is 370 g/mol. The SMILES string of the molecule is Nc1oc2ccc(-c3ccccc3)cc2c(=O)c1C(=O)NCc1ccccc1. The Morgan fingerprint density at radius 2 is 1.57 bits per heavy atom. The number of benzene rings is 3. The van der Waals surface area contributed by atoms with Crippen LogP contribution in [0, 0.1) is 0 Å². The van der Waals surface area contributed by atoms with E-state index in [-0.39, 0.29) is 11.4 Å². The second-order valence-corrected chi connectivity index (χ2v) is 6.42. The van der Waals surface area contributed by atoms with Crippen molar-refractivity contribution in [2.24, 2.45) is 0 Å². The van der Waals surface area contributed by atoms with Gasteiger partial charge in [0.1, 0.15) is 11.1 Å². The molecule has 1 amide bonds. The predicted molar refractivity (Wildman–Crippen MR) is 110 cm³/mol. The van der Waals surface area contributed by atoms with Crippen LogP contribution < -0.4 is 16.5 Å². The summed E-state index contributed by atoms with van der Waals surface area (Å²) >= 11 is 0. The van der Waals surface area contributed by atoms with Crippen molar-refractivity contribution in [3.05, 3.63) is 100 Å². The standard InChI is InChI=1S/C23H18N2O3/c24-22-20(23(27)25-14-15-7-3-1-4-8-15)21(26)18-13-17(11-12-19(18)28-22)16-9-5-2-6-10-16/h1-13H,14,24H2,(H,25,27). The van der Waals surface area contributed by atoms with Crippen LogP contribution in [0.3, 0.4) is 0 Å². The van der Waals surface area contributed by atoms with Gasteiger partial charge in [-0.15, -0.1) is 0 Å². The van der Waals surface area contributed by atoms with Crippen LogP contribution >= 0.6 is 0 Å². The highest BCUT2D eigenvalue weighted by Gasteiger charge is 2.19. The molecule has 0 aliphatic rings. The molecule has 0 saturated carbocycles. The van der Waals surface area contributed by atoms with Crippen molar-refractivity contribution >= 4 is 22.8 Å². The summed E-state index contributed by atoms with van der Waals surface area (Å²) in [6.07, 6.45) is 0. The van der Waals surface area contributed by atoms with E-state index in [0.717, 1.165) is 16.7 Å². The second-order valence-electron chi connectivity index (χ2n) is 6.42. The Labute approximate surface area is 161 Å². The van der Waals surface area contributed by atoms with Crippen LogP contribution in [0.4, 0.5) is 5.88 Å². The smallest absolute Gasteiger partial charge is 0.261 e. The van der Waals surface area contributed by atoms with E-state index in [9.17, 15) is 9.59 Å². The minimum Gasteiger partial charge on any atom is -0.440 e. The van der Waals surface area contributed by atoms with Gasteiger partial charge in [0, 0.05) is 6.54 Å². The number of anilines is 1. The molecule has 5 heteroatoms. The van der Waals surface area contributed by atoms with Crippen molar-refractivity contribution in [3.63, 3.8) is 0 Å². The van der Waals surface area contributed by atoms with Crippen LogP contribution in [0.5, 0.6) is 0 Å². The van der Waals surface area contributed by atoms with Crippen molar-refractivity contribution in [3.8, 4) is 11.1 Å². The first-order valence-electron chi connectivity index (χ1n) is 8.87. The van der Waals surface area contributed by atoms with Gasteiger partial charge in [0.2, 0.25) is 11.3 Å². The van der Waals surface area contributed by atoms with Gasteiger partial charge in [-0.1, -0.05) is 66.7 Å². The molecule has 0 aliphatic carbocycles. The number of nitrogens with one attached hydrogen (secondary N) is 1. The van der Waals surface area contributed by atoms with E-state index in [1.807, 2.05) is 66.7 Å². The van der Waals surface area contributed by atoms with Crippen LogP contribution in [0.25, 0.3) is 22.1 Å². The summed E-state index contributed by atoms with van der Waals surface area (Å²) in [6, 6.07) is 24.4. The number of hydrogen-bond acceptors (Lipinski definition) is 4. The molecular formula is C23H18N2O3. The van der Waals surface area contributed by atoms with Gasteiger partial charge >= 0.3 is 0 Å². The maximum absolute atomic E-state index is 13.0. The van der Waals surface area contributed by atoms with Gasteiger partial charge in [0.05, 0.1) is 5.39 Å². The fraction of sp³-hybridized carbons (Fsp3) is 0.0435. The molecule has 0 atom stereocenters. The van der Waals surface area contributed by atoms with Gasteiger partial charge in [-0.25, -0.2) is 0 Å². The molecule has 0 unspecified atom stereocenters. The first-order valence-corrected chi connectivity index (χ1v) is 8.87. The molecule has 28 heavy (non-hydrogen) atoms. The number of fused-ring (bicyclic) bond motifs is 1. The van der Waals surface area contributed by atoms with E-state index in [0.29, 0.717) is 17.5 Å². The fourth-order valence-electron chi connectivity index (χ4n) is 3.10. The molecule has 4 rings (SSSR count). The summed E-state index contributed by atoms with van der Waals surface area (Å²) < 4.78 is 5.55. The van der Waals surface area contributed by atoms with Gasteiger partial charge in [-0.2, -0.15) is 0 Å². The molecule has 0 fully saturated rings. The molecule has 3 N–H and O–H groups in total. The van der Waals surface area contributed by atoms with Crippen LogP contribution in [-0.4, -0.2) is 5.91 Å². The highest BCUT2D eigenvalue weighted by Crippen LogP contribution is 2.25. The summed E-state index contributed by atoms with van der Waals surface area (Å²) in [6.45, 7) is 0.292. The Hall–Kier alpha value is -3.86. The first-order chi connectivity index (χ1) is 13.6. The molecule has 1 aromatic heterocycles. The second kappa shape index (κ2) is 7.40. The van der Waals surface area contributed by atoms with Crippen LogP contribution in [0.2, 0.25) is 0 Å². The number of amides is 1.